The van der Waals surface area contributed by atoms with Crippen LogP contribution in [-0.2, 0) is 9.59 Å². The first kappa shape index (κ1) is 15.2. The zero-order chi connectivity index (χ0) is 16.4. The highest BCUT2D eigenvalue weighted by atomic mass is 16.4. The van der Waals surface area contributed by atoms with Crippen molar-refractivity contribution in [1.29, 1.82) is 0 Å². The van der Waals surface area contributed by atoms with Crippen LogP contribution >= 0.6 is 0 Å². The molecule has 6 atom stereocenters. The van der Waals surface area contributed by atoms with E-state index in [9.17, 15) is 14.7 Å². The van der Waals surface area contributed by atoms with E-state index in [0.717, 1.165) is 18.0 Å². The molecule has 4 rings (SSSR count). The van der Waals surface area contributed by atoms with Crippen molar-refractivity contribution in [2.24, 2.45) is 34.5 Å². The van der Waals surface area contributed by atoms with Crippen LogP contribution < -0.4 is 5.32 Å². The molecule has 0 aromatic heterocycles. The second-order valence-electron chi connectivity index (χ2n) is 8.82. The summed E-state index contributed by atoms with van der Waals surface area (Å²) in [7, 11) is 0. The van der Waals surface area contributed by atoms with Gasteiger partial charge in [0.05, 0.1) is 0 Å². The van der Waals surface area contributed by atoms with Crippen LogP contribution in [0.3, 0.4) is 0 Å². The predicted octanol–water partition coefficient (Wildman–Crippen LogP) is 3.33. The van der Waals surface area contributed by atoms with Gasteiger partial charge in [-0.3, -0.25) is 9.59 Å². The molecule has 0 aromatic rings. The molecule has 3 aliphatic carbocycles. The van der Waals surface area contributed by atoms with E-state index in [1.807, 2.05) is 0 Å². The molecule has 0 spiro atoms. The SMILES string of the molecule is C[C@@]12CCC[C@H]1[C@@H]1CC=C3NC(=O)C(C(=O)O)C[C@]3(C)[C@@H]1CC2. The second-order valence-corrected chi connectivity index (χ2v) is 8.82. The number of carbonyl (C=O) groups excluding carboxylic acids is 1. The number of aliphatic carboxylic acids is 1. The van der Waals surface area contributed by atoms with Gasteiger partial charge in [0.1, 0.15) is 5.92 Å². The smallest absolute Gasteiger partial charge is 0.316 e. The predicted molar refractivity (Wildman–Crippen MR) is 86.4 cm³/mol. The van der Waals surface area contributed by atoms with Gasteiger partial charge in [0, 0.05) is 11.1 Å². The minimum Gasteiger partial charge on any atom is -0.481 e. The lowest BCUT2D eigenvalue weighted by Gasteiger charge is -2.57. The summed E-state index contributed by atoms with van der Waals surface area (Å²) in [5, 5.41) is 12.4. The van der Waals surface area contributed by atoms with Gasteiger partial charge in [0.15, 0.2) is 0 Å². The number of fused-ring (bicyclic) bond motifs is 5. The Bertz CT molecular complexity index is 597. The fraction of sp³-hybridized carbons (Fsp3) is 0.789. The topological polar surface area (TPSA) is 66.4 Å². The maximum Gasteiger partial charge on any atom is 0.316 e. The maximum atomic E-state index is 12.1. The van der Waals surface area contributed by atoms with Crippen LogP contribution in [-0.4, -0.2) is 17.0 Å². The lowest BCUT2D eigenvalue weighted by molar-refractivity contribution is -0.151. The Kier molecular flexibility index (Phi) is 3.20. The van der Waals surface area contributed by atoms with Gasteiger partial charge in [-0.2, -0.15) is 0 Å². The molecule has 2 N–H and O–H groups in total. The first-order valence-corrected chi connectivity index (χ1v) is 9.09. The highest BCUT2D eigenvalue weighted by Gasteiger charge is 2.57. The molecule has 0 aromatic carbocycles. The van der Waals surface area contributed by atoms with Crippen LogP contribution in [0.5, 0.6) is 0 Å². The molecular formula is C19H27NO3. The summed E-state index contributed by atoms with van der Waals surface area (Å²) in [6.07, 6.45) is 10.2. The molecule has 4 nitrogen and oxygen atoms in total. The number of piperidine rings is 1. The van der Waals surface area contributed by atoms with Crippen LogP contribution in [0.2, 0.25) is 0 Å². The van der Waals surface area contributed by atoms with Gasteiger partial charge in [-0.25, -0.2) is 0 Å². The van der Waals surface area contributed by atoms with Crippen LogP contribution in [0.15, 0.2) is 11.8 Å². The zero-order valence-corrected chi connectivity index (χ0v) is 14.1. The van der Waals surface area contributed by atoms with Crippen molar-refractivity contribution in [2.75, 3.05) is 0 Å². The summed E-state index contributed by atoms with van der Waals surface area (Å²) in [6, 6.07) is 0. The first-order valence-electron chi connectivity index (χ1n) is 9.09. The van der Waals surface area contributed by atoms with Crippen LogP contribution in [0.1, 0.15) is 58.8 Å². The molecule has 0 radical (unpaired) electrons. The number of hydrogen-bond donors (Lipinski definition) is 2. The molecule has 1 saturated heterocycles. The summed E-state index contributed by atoms with van der Waals surface area (Å²) in [6.45, 7) is 4.66. The molecule has 0 bridgehead atoms. The Hall–Kier alpha value is -1.32. The van der Waals surface area contributed by atoms with E-state index >= 15 is 0 Å². The first-order chi connectivity index (χ1) is 10.8. The largest absolute Gasteiger partial charge is 0.481 e. The quantitative estimate of drug-likeness (QED) is 0.729. The summed E-state index contributed by atoms with van der Waals surface area (Å²) >= 11 is 0. The minimum atomic E-state index is -0.980. The lowest BCUT2D eigenvalue weighted by Crippen LogP contribution is -2.56. The number of allylic oxidation sites excluding steroid dienone is 2. The average Bonchev–Trinajstić information content (AvgIpc) is 2.89. The number of carboxylic acids is 1. The monoisotopic (exact) mass is 317 g/mol. The number of carboxylic acid groups (broad SMARTS) is 1. The van der Waals surface area contributed by atoms with Gasteiger partial charge in [-0.15, -0.1) is 0 Å². The van der Waals surface area contributed by atoms with Gasteiger partial charge >= 0.3 is 5.97 Å². The Balaban J connectivity index is 1.69. The summed E-state index contributed by atoms with van der Waals surface area (Å²) in [5.41, 5.74) is 1.32. The molecule has 2 saturated carbocycles. The van der Waals surface area contributed by atoms with Crippen molar-refractivity contribution in [2.45, 2.75) is 58.8 Å². The molecule has 3 fully saturated rings. The maximum absolute atomic E-state index is 12.1. The van der Waals surface area contributed by atoms with Crippen molar-refractivity contribution in [1.82, 2.24) is 5.32 Å². The molecule has 126 valence electrons. The van der Waals surface area contributed by atoms with Crippen molar-refractivity contribution in [3.8, 4) is 0 Å². The number of carbonyl (C=O) groups is 2. The summed E-state index contributed by atoms with van der Waals surface area (Å²) in [5.74, 6) is -0.257. The van der Waals surface area contributed by atoms with Gasteiger partial charge in [0.25, 0.3) is 0 Å². The Morgan fingerprint density at radius 1 is 1.26 bits per heavy atom. The molecule has 1 unspecified atom stereocenters. The molecular weight excluding hydrogens is 290 g/mol. The van der Waals surface area contributed by atoms with Gasteiger partial charge in [-0.1, -0.05) is 26.3 Å². The van der Waals surface area contributed by atoms with E-state index in [1.165, 1.54) is 32.1 Å². The third-order valence-corrected chi connectivity index (χ3v) is 7.75. The Morgan fingerprint density at radius 2 is 2.04 bits per heavy atom. The van der Waals surface area contributed by atoms with Gasteiger partial charge in [0.2, 0.25) is 5.91 Å². The number of nitrogens with one attached hydrogen (secondary N) is 1. The van der Waals surface area contributed by atoms with Crippen LogP contribution in [0.25, 0.3) is 0 Å². The molecule has 23 heavy (non-hydrogen) atoms. The Labute approximate surface area is 137 Å². The second kappa shape index (κ2) is 4.84. The van der Waals surface area contributed by atoms with Crippen molar-refractivity contribution < 1.29 is 14.7 Å². The van der Waals surface area contributed by atoms with Crippen LogP contribution in [0, 0.1) is 34.5 Å². The highest BCUT2D eigenvalue weighted by Crippen LogP contribution is 2.63. The van der Waals surface area contributed by atoms with E-state index in [4.69, 9.17) is 0 Å². The molecule has 1 amide bonds. The third kappa shape index (κ3) is 2.03. The van der Waals surface area contributed by atoms with E-state index in [-0.39, 0.29) is 11.3 Å². The van der Waals surface area contributed by atoms with Gasteiger partial charge in [-0.05, 0) is 61.7 Å². The molecule has 1 aliphatic heterocycles. The summed E-state index contributed by atoms with van der Waals surface area (Å²) < 4.78 is 0. The van der Waals surface area contributed by atoms with Crippen molar-refractivity contribution in [3.63, 3.8) is 0 Å². The standard InChI is InChI=1S/C19H27NO3/c1-18-8-3-4-13(18)11-5-6-15-19(2,14(11)7-9-18)10-12(17(22)23)16(21)20-15/h6,11-14H,3-5,7-10H2,1-2H3,(H,20,21)(H,22,23)/t11-,12?,13-,14+,18-,19+/m0/s1. The normalized spacial score (nSPS) is 48.6. The van der Waals surface area contributed by atoms with Crippen molar-refractivity contribution in [3.05, 3.63) is 11.8 Å². The minimum absolute atomic E-state index is 0.177. The molecule has 4 aliphatic rings. The average molecular weight is 317 g/mol. The van der Waals surface area contributed by atoms with E-state index in [0.29, 0.717) is 23.7 Å². The van der Waals surface area contributed by atoms with E-state index in [1.54, 1.807) is 0 Å². The fourth-order valence-electron chi connectivity index (χ4n) is 6.48. The summed E-state index contributed by atoms with van der Waals surface area (Å²) in [4.78, 5) is 23.6. The highest BCUT2D eigenvalue weighted by molar-refractivity contribution is 5.98. The van der Waals surface area contributed by atoms with E-state index in [2.05, 4.69) is 25.2 Å². The number of amides is 1. The van der Waals surface area contributed by atoms with Gasteiger partial charge < -0.3 is 10.4 Å². The van der Waals surface area contributed by atoms with Crippen molar-refractivity contribution >= 4 is 11.9 Å². The lowest BCUT2D eigenvalue weighted by atomic mass is 9.49. The third-order valence-electron chi connectivity index (χ3n) is 7.75. The molecule has 1 heterocycles. The Morgan fingerprint density at radius 3 is 2.78 bits per heavy atom. The fourth-order valence-corrected chi connectivity index (χ4v) is 6.48. The number of hydrogen-bond acceptors (Lipinski definition) is 2. The zero-order valence-electron chi connectivity index (χ0n) is 14.1. The number of rotatable bonds is 1. The van der Waals surface area contributed by atoms with Crippen LogP contribution in [0.4, 0.5) is 0 Å². The molecule has 4 heteroatoms. The van der Waals surface area contributed by atoms with E-state index < -0.39 is 11.9 Å².